The molecular formula is C19H18O5S. The van der Waals surface area contributed by atoms with Crippen LogP contribution in [0.3, 0.4) is 0 Å². The van der Waals surface area contributed by atoms with Crippen molar-refractivity contribution in [1.82, 2.24) is 0 Å². The molecule has 0 atom stereocenters. The van der Waals surface area contributed by atoms with Gasteiger partial charge < -0.3 is 9.47 Å². The van der Waals surface area contributed by atoms with E-state index in [1.165, 1.54) is 6.07 Å². The van der Waals surface area contributed by atoms with Crippen molar-refractivity contribution in [3.05, 3.63) is 59.2 Å². The molecule has 0 radical (unpaired) electrons. The van der Waals surface area contributed by atoms with Gasteiger partial charge in [-0.1, -0.05) is 12.1 Å². The molecule has 0 saturated carbocycles. The second-order valence-corrected chi connectivity index (χ2v) is 7.79. The summed E-state index contributed by atoms with van der Waals surface area (Å²) >= 11 is 0. The number of rotatable bonds is 3. The smallest absolute Gasteiger partial charge is 0.190 e. The summed E-state index contributed by atoms with van der Waals surface area (Å²) in [7, 11) is -0.379. The molecule has 0 spiro atoms. The molecule has 1 heterocycles. The van der Waals surface area contributed by atoms with Crippen molar-refractivity contribution in [2.45, 2.75) is 11.3 Å². The van der Waals surface area contributed by atoms with Crippen LogP contribution in [0.2, 0.25) is 0 Å². The van der Waals surface area contributed by atoms with Crippen molar-refractivity contribution < 1.29 is 22.7 Å². The fraction of sp³-hybridized carbons (Fsp3) is 0.211. The molecule has 5 nitrogen and oxygen atoms in total. The van der Waals surface area contributed by atoms with Gasteiger partial charge in [0, 0.05) is 17.2 Å². The average Bonchev–Trinajstić information content (AvgIpc) is 2.72. The standard InChI is InChI=1S/C19H18O5S/c1-23-15-10-13(11-16(12-15)24-2)9-14-7-8-25(21,22)18-6-4-3-5-17(18)19(14)20/h3-6,9-12H,7-8H2,1-2H3/b14-9+. The van der Waals surface area contributed by atoms with Gasteiger partial charge in [-0.3, -0.25) is 4.79 Å². The minimum Gasteiger partial charge on any atom is -0.497 e. The van der Waals surface area contributed by atoms with Crippen molar-refractivity contribution in [2.24, 2.45) is 0 Å². The minimum atomic E-state index is -3.47. The number of ketones is 1. The first-order chi connectivity index (χ1) is 11.9. The van der Waals surface area contributed by atoms with Gasteiger partial charge in [0.15, 0.2) is 15.6 Å². The maximum atomic E-state index is 12.8. The van der Waals surface area contributed by atoms with Crippen molar-refractivity contribution in [3.63, 3.8) is 0 Å². The van der Waals surface area contributed by atoms with E-state index in [1.807, 2.05) is 0 Å². The Morgan fingerprint density at radius 1 is 1.00 bits per heavy atom. The van der Waals surface area contributed by atoms with Gasteiger partial charge in [0.05, 0.1) is 24.9 Å². The Hall–Kier alpha value is -2.60. The molecular weight excluding hydrogens is 340 g/mol. The van der Waals surface area contributed by atoms with E-state index in [4.69, 9.17) is 9.47 Å². The van der Waals surface area contributed by atoms with Crippen LogP contribution >= 0.6 is 0 Å². The summed E-state index contributed by atoms with van der Waals surface area (Å²) in [5.74, 6) is 0.835. The minimum absolute atomic E-state index is 0.0946. The zero-order valence-electron chi connectivity index (χ0n) is 14.0. The molecule has 0 aliphatic carbocycles. The first kappa shape index (κ1) is 17.2. The third kappa shape index (κ3) is 3.44. The molecule has 0 N–H and O–H groups in total. The van der Waals surface area contributed by atoms with Crippen LogP contribution in [-0.2, 0) is 9.84 Å². The molecule has 130 valence electrons. The van der Waals surface area contributed by atoms with E-state index in [2.05, 4.69) is 0 Å². The summed E-state index contributed by atoms with van der Waals surface area (Å²) in [5.41, 5.74) is 1.39. The van der Waals surface area contributed by atoms with Crippen LogP contribution in [0.5, 0.6) is 11.5 Å². The van der Waals surface area contributed by atoms with E-state index in [9.17, 15) is 13.2 Å². The second-order valence-electron chi connectivity index (χ2n) is 5.71. The molecule has 0 saturated heterocycles. The molecule has 0 bridgehead atoms. The van der Waals surface area contributed by atoms with Gasteiger partial charge in [-0.15, -0.1) is 0 Å². The molecule has 0 aromatic heterocycles. The van der Waals surface area contributed by atoms with Gasteiger partial charge >= 0.3 is 0 Å². The van der Waals surface area contributed by atoms with Gasteiger partial charge in [0.25, 0.3) is 0 Å². The summed E-state index contributed by atoms with van der Waals surface area (Å²) in [6.45, 7) is 0. The van der Waals surface area contributed by atoms with E-state index in [0.29, 0.717) is 17.1 Å². The number of sulfone groups is 1. The van der Waals surface area contributed by atoms with E-state index in [1.54, 1.807) is 56.7 Å². The number of fused-ring (bicyclic) bond motifs is 1. The average molecular weight is 358 g/mol. The molecule has 0 unspecified atom stereocenters. The molecule has 0 fully saturated rings. The lowest BCUT2D eigenvalue weighted by molar-refractivity contribution is 0.103. The van der Waals surface area contributed by atoms with E-state index in [-0.39, 0.29) is 28.4 Å². The molecule has 0 amide bonds. The second kappa shape index (κ2) is 6.72. The fourth-order valence-electron chi connectivity index (χ4n) is 2.82. The number of carbonyl (C=O) groups excluding carboxylic acids is 1. The topological polar surface area (TPSA) is 69.7 Å². The third-order valence-electron chi connectivity index (χ3n) is 4.11. The van der Waals surface area contributed by atoms with Crippen LogP contribution in [0.4, 0.5) is 0 Å². The summed E-state index contributed by atoms with van der Waals surface area (Å²) in [6.07, 6.45) is 1.86. The Balaban J connectivity index is 2.10. The van der Waals surface area contributed by atoms with Gasteiger partial charge in [-0.25, -0.2) is 8.42 Å². The Labute approximate surface area is 146 Å². The molecule has 3 rings (SSSR count). The lowest BCUT2D eigenvalue weighted by Crippen LogP contribution is -2.06. The van der Waals surface area contributed by atoms with Crippen LogP contribution in [0, 0.1) is 0 Å². The van der Waals surface area contributed by atoms with Crippen molar-refractivity contribution in [2.75, 3.05) is 20.0 Å². The van der Waals surface area contributed by atoms with Crippen LogP contribution in [0.15, 0.2) is 52.9 Å². The monoisotopic (exact) mass is 358 g/mol. The van der Waals surface area contributed by atoms with Crippen LogP contribution < -0.4 is 9.47 Å². The number of carbonyl (C=O) groups is 1. The van der Waals surface area contributed by atoms with E-state index < -0.39 is 9.84 Å². The molecule has 6 heteroatoms. The first-order valence-corrected chi connectivity index (χ1v) is 9.40. The highest BCUT2D eigenvalue weighted by Crippen LogP contribution is 2.30. The Morgan fingerprint density at radius 3 is 2.28 bits per heavy atom. The summed E-state index contributed by atoms with van der Waals surface area (Å²) in [6, 6.07) is 11.6. The molecule has 2 aromatic rings. The van der Waals surface area contributed by atoms with E-state index >= 15 is 0 Å². The number of ether oxygens (including phenoxy) is 2. The maximum absolute atomic E-state index is 12.8. The maximum Gasteiger partial charge on any atom is 0.190 e. The highest BCUT2D eigenvalue weighted by molar-refractivity contribution is 7.91. The number of Topliss-reactive ketones (excluding diaryl/α,β-unsaturated/α-hetero) is 1. The van der Waals surface area contributed by atoms with Gasteiger partial charge in [0.2, 0.25) is 0 Å². The normalized spacial score (nSPS) is 17.7. The molecule has 1 aliphatic rings. The predicted octanol–water partition coefficient (Wildman–Crippen LogP) is 3.15. The zero-order valence-corrected chi connectivity index (χ0v) is 14.8. The van der Waals surface area contributed by atoms with Crippen molar-refractivity contribution >= 4 is 21.7 Å². The Kier molecular flexibility index (Phi) is 4.63. The highest BCUT2D eigenvalue weighted by atomic mass is 32.2. The summed E-state index contributed by atoms with van der Waals surface area (Å²) < 4.78 is 35.3. The summed E-state index contributed by atoms with van der Waals surface area (Å²) in [5, 5.41) is 0. The summed E-state index contributed by atoms with van der Waals surface area (Å²) in [4.78, 5) is 12.9. The van der Waals surface area contributed by atoms with Gasteiger partial charge in [-0.2, -0.15) is 0 Å². The van der Waals surface area contributed by atoms with Crippen LogP contribution in [0.1, 0.15) is 22.3 Å². The van der Waals surface area contributed by atoms with Gasteiger partial charge in [0.1, 0.15) is 11.5 Å². The van der Waals surface area contributed by atoms with Crippen LogP contribution in [0.25, 0.3) is 6.08 Å². The lowest BCUT2D eigenvalue weighted by atomic mass is 9.99. The van der Waals surface area contributed by atoms with Gasteiger partial charge in [-0.05, 0) is 42.3 Å². The van der Waals surface area contributed by atoms with Crippen molar-refractivity contribution in [3.8, 4) is 11.5 Å². The number of methoxy groups -OCH3 is 2. The molecule has 2 aromatic carbocycles. The third-order valence-corrected chi connectivity index (χ3v) is 5.88. The molecule has 25 heavy (non-hydrogen) atoms. The largest absolute Gasteiger partial charge is 0.497 e. The van der Waals surface area contributed by atoms with Crippen molar-refractivity contribution in [1.29, 1.82) is 0 Å². The molecule has 1 aliphatic heterocycles. The Bertz CT molecular complexity index is 935. The zero-order chi connectivity index (χ0) is 18.0. The van der Waals surface area contributed by atoms with Crippen LogP contribution in [-0.4, -0.2) is 34.2 Å². The van der Waals surface area contributed by atoms with E-state index in [0.717, 1.165) is 5.56 Å². The number of benzene rings is 2. The number of allylic oxidation sites excluding steroid dienone is 1. The Morgan fingerprint density at radius 2 is 1.64 bits per heavy atom. The highest BCUT2D eigenvalue weighted by Gasteiger charge is 2.28. The lowest BCUT2D eigenvalue weighted by Gasteiger charge is -2.08. The number of hydrogen-bond acceptors (Lipinski definition) is 5. The first-order valence-electron chi connectivity index (χ1n) is 7.75. The quantitative estimate of drug-likeness (QED) is 0.789. The SMILES string of the molecule is COc1cc(/C=C2\CCS(=O)(=O)c3ccccc3C2=O)cc(OC)c1. The predicted molar refractivity (Wildman–Crippen MR) is 95.0 cm³/mol. The fourth-order valence-corrected chi connectivity index (χ4v) is 4.31. The number of hydrogen-bond donors (Lipinski definition) is 0.